The fourth-order valence-electron chi connectivity index (χ4n) is 4.83. The lowest BCUT2D eigenvalue weighted by atomic mass is 9.85. The third-order valence-corrected chi connectivity index (χ3v) is 7.10. The molecule has 0 heterocycles. The highest BCUT2D eigenvalue weighted by molar-refractivity contribution is 5.69. The molecule has 41 heavy (non-hydrogen) atoms. The van der Waals surface area contributed by atoms with Crippen LogP contribution in [0.1, 0.15) is 76.2 Å². The van der Waals surface area contributed by atoms with Gasteiger partial charge in [0.05, 0.1) is 30.3 Å². The normalized spacial score (nSPS) is 21.0. The first-order chi connectivity index (χ1) is 19.4. The molecule has 0 bridgehead atoms. The standard InChI is InChI=1S/C23H31FO5.C6H14N4O2/c24-20-9-6-5-7-16(20)11-12-17(25)13-14-19-18(21(26)15-22(19)27)8-3-1-2-4-10-23(28)29;7-4(5(11)12)2-1-3-10-6(8)9/h5-7,9,17-19,21-22,25-27H,1-4,8,10,13-15H2,(H,28,29);4H,1-3,7H2,(H,11,12)(H4,8,9,10)/t17-,18?,19?,21-,22+;4-/m00/s1. The predicted octanol–water partition coefficient (Wildman–Crippen LogP) is -3.75. The summed E-state index contributed by atoms with van der Waals surface area (Å²) in [6.07, 6.45) is 4.15. The fourth-order valence-corrected chi connectivity index (χ4v) is 4.83. The molecule has 11 N–H and O–H groups in total. The van der Waals surface area contributed by atoms with Crippen LogP contribution in [0, 0.1) is 29.5 Å². The molecule has 1 aromatic rings. The molecule has 1 fully saturated rings. The lowest BCUT2D eigenvalue weighted by molar-refractivity contribution is -0.466. The zero-order valence-corrected chi connectivity index (χ0v) is 23.5. The van der Waals surface area contributed by atoms with E-state index in [9.17, 15) is 39.5 Å². The van der Waals surface area contributed by atoms with Crippen LogP contribution < -0.4 is 32.4 Å². The Morgan fingerprint density at radius 3 is 2.27 bits per heavy atom. The van der Waals surface area contributed by atoms with Gasteiger partial charge in [0.2, 0.25) is 0 Å². The van der Waals surface area contributed by atoms with Gasteiger partial charge in [0.1, 0.15) is 18.0 Å². The van der Waals surface area contributed by atoms with Crippen molar-refractivity contribution < 1.29 is 50.2 Å². The number of unbranched alkanes of at least 4 members (excludes halogenated alkanes) is 3. The number of benzene rings is 1. The molecule has 0 aromatic heterocycles. The summed E-state index contributed by atoms with van der Waals surface area (Å²) in [5, 5.41) is 51.3. The number of carboxylic acid groups (broad SMARTS) is 2. The third kappa shape index (κ3) is 15.4. The van der Waals surface area contributed by atoms with Crippen molar-refractivity contribution in [3.05, 3.63) is 35.6 Å². The molecular weight excluding hydrogens is 535 g/mol. The van der Waals surface area contributed by atoms with Crippen LogP contribution in [0.4, 0.5) is 4.39 Å². The number of hydrogen-bond acceptors (Lipinski definition) is 7. The number of nitrogens with one attached hydrogen (secondary N) is 1. The van der Waals surface area contributed by atoms with Crippen molar-refractivity contribution in [2.45, 2.75) is 95.0 Å². The summed E-state index contributed by atoms with van der Waals surface area (Å²) in [5.74, 6) is 2.70. The molecule has 0 amide bonds. The van der Waals surface area contributed by atoms with Gasteiger partial charge in [0.25, 0.3) is 0 Å². The van der Waals surface area contributed by atoms with Crippen LogP contribution in [0.5, 0.6) is 0 Å². The Kier molecular flexibility index (Phi) is 17.3. The Labute approximate surface area is 240 Å². The Morgan fingerprint density at radius 1 is 1.02 bits per heavy atom. The summed E-state index contributed by atoms with van der Waals surface area (Å²) in [5.41, 5.74) is 13.8. The smallest absolute Gasteiger partial charge is 0.338 e. The van der Waals surface area contributed by atoms with Gasteiger partial charge in [-0.2, -0.15) is 0 Å². The molecule has 11 nitrogen and oxygen atoms in total. The number of nitrogens with two attached hydrogens (primary N) is 2. The first-order valence-electron chi connectivity index (χ1n) is 14.1. The number of guanidine groups is 1. The summed E-state index contributed by atoms with van der Waals surface area (Å²) < 4.78 is 13.6. The van der Waals surface area contributed by atoms with Gasteiger partial charge in [-0.1, -0.05) is 43.2 Å². The molecule has 0 radical (unpaired) electrons. The molecule has 230 valence electrons. The largest absolute Gasteiger partial charge is 0.550 e. The molecule has 1 aromatic carbocycles. The first-order valence-corrected chi connectivity index (χ1v) is 14.1. The maximum Gasteiger partial charge on any atom is 0.338 e. The molecule has 1 saturated carbocycles. The number of aliphatic hydroxyl groups excluding tert-OH is 3. The second kappa shape index (κ2) is 19.8. The van der Waals surface area contributed by atoms with Crippen molar-refractivity contribution in [3.63, 3.8) is 0 Å². The minimum absolute atomic E-state index is 0.0436. The zero-order chi connectivity index (χ0) is 30.8. The molecule has 0 aliphatic heterocycles. The molecular formula is C29H45FN4O7. The minimum atomic E-state index is -1.13. The average molecular weight is 581 g/mol. The molecule has 1 aliphatic carbocycles. The molecule has 0 spiro atoms. The maximum atomic E-state index is 13.6. The van der Waals surface area contributed by atoms with Crippen molar-refractivity contribution >= 4 is 17.9 Å². The van der Waals surface area contributed by atoms with Gasteiger partial charge in [-0.25, -0.2) is 4.39 Å². The lowest BCUT2D eigenvalue weighted by Gasteiger charge is -2.24. The van der Waals surface area contributed by atoms with Crippen LogP contribution in [-0.2, 0) is 9.59 Å². The quantitative estimate of drug-likeness (QED) is 0.0466. The van der Waals surface area contributed by atoms with E-state index in [1.54, 1.807) is 18.2 Å². The highest BCUT2D eigenvalue weighted by Gasteiger charge is 2.40. The third-order valence-electron chi connectivity index (χ3n) is 7.10. The molecule has 2 unspecified atom stereocenters. The van der Waals surface area contributed by atoms with E-state index in [4.69, 9.17) is 11.5 Å². The van der Waals surface area contributed by atoms with E-state index in [-0.39, 0.29) is 29.8 Å². The van der Waals surface area contributed by atoms with Crippen molar-refractivity contribution in [2.24, 2.45) is 23.3 Å². The van der Waals surface area contributed by atoms with Gasteiger partial charge in [0, 0.05) is 12.4 Å². The number of carboxylic acids is 2. The Bertz CT molecular complexity index is 1030. The first kappa shape index (κ1) is 35.8. The fraction of sp³-hybridized carbons (Fsp3) is 0.621. The highest BCUT2D eigenvalue weighted by Crippen LogP contribution is 2.39. The van der Waals surface area contributed by atoms with E-state index in [0.717, 1.165) is 25.7 Å². The number of aliphatic hydroxyl groups is 3. The maximum absolute atomic E-state index is 13.6. The van der Waals surface area contributed by atoms with Crippen LogP contribution in [-0.4, -0.2) is 64.1 Å². The average Bonchev–Trinajstić information content (AvgIpc) is 3.18. The Hall–Kier alpha value is -3.24. The summed E-state index contributed by atoms with van der Waals surface area (Å²) in [7, 11) is 0. The van der Waals surface area contributed by atoms with Gasteiger partial charge < -0.3 is 40.9 Å². The summed E-state index contributed by atoms with van der Waals surface area (Å²) in [6, 6.07) is 5.46. The second-order valence-electron chi connectivity index (χ2n) is 10.4. The van der Waals surface area contributed by atoms with Crippen LogP contribution >= 0.6 is 0 Å². The zero-order valence-electron chi connectivity index (χ0n) is 23.5. The van der Waals surface area contributed by atoms with Crippen LogP contribution in [0.15, 0.2) is 24.3 Å². The number of aliphatic carboxylic acids is 2. The highest BCUT2D eigenvalue weighted by atomic mass is 19.1. The second-order valence-corrected chi connectivity index (χ2v) is 10.4. The predicted molar refractivity (Wildman–Crippen MR) is 145 cm³/mol. The van der Waals surface area contributed by atoms with E-state index >= 15 is 0 Å². The van der Waals surface area contributed by atoms with Crippen molar-refractivity contribution in [1.29, 1.82) is 0 Å². The number of quaternary nitrogens is 1. The van der Waals surface area contributed by atoms with Gasteiger partial charge in [0.15, 0.2) is 0 Å². The van der Waals surface area contributed by atoms with Crippen molar-refractivity contribution in [1.82, 2.24) is 0 Å². The van der Waals surface area contributed by atoms with Crippen molar-refractivity contribution in [3.8, 4) is 11.8 Å². The molecule has 2 rings (SSSR count). The molecule has 6 atom stereocenters. The number of rotatable bonds is 15. The minimum Gasteiger partial charge on any atom is -0.550 e. The molecule has 1 aliphatic rings. The van der Waals surface area contributed by atoms with E-state index < -0.39 is 42.1 Å². The number of carbonyl (C=O) groups excluding carboxylic acids is 2. The van der Waals surface area contributed by atoms with Gasteiger partial charge in [-0.3, -0.25) is 16.5 Å². The summed E-state index contributed by atoms with van der Waals surface area (Å²) >= 11 is 0. The van der Waals surface area contributed by atoms with E-state index in [2.05, 4.69) is 22.6 Å². The topological polar surface area (TPSA) is 235 Å². The summed E-state index contributed by atoms with van der Waals surface area (Å²) in [4.78, 5) is 23.3. The van der Waals surface area contributed by atoms with Crippen LogP contribution in [0.25, 0.3) is 0 Å². The molecule has 0 saturated heterocycles. The van der Waals surface area contributed by atoms with E-state index in [1.807, 2.05) is 0 Å². The molecule has 12 heteroatoms. The van der Waals surface area contributed by atoms with Gasteiger partial charge in [-0.15, -0.1) is 0 Å². The number of carbonyl (C=O) groups is 2. The van der Waals surface area contributed by atoms with Crippen LogP contribution in [0.3, 0.4) is 0 Å². The number of halogens is 1. The number of hydrogen-bond donors (Lipinski definition) is 7. The van der Waals surface area contributed by atoms with E-state index in [0.29, 0.717) is 45.1 Å². The lowest BCUT2D eigenvalue weighted by Crippen LogP contribution is -2.78. The SMILES string of the molecule is NC(N)=[NH+]CCC[C@H]([NH3+])C(=O)[O-].O=C([O-])CCCCCCC1C(CC[C@@H](O)C#Cc2ccccc2F)[C@H](O)C[C@@H]1O. The van der Waals surface area contributed by atoms with Gasteiger partial charge >= 0.3 is 5.96 Å². The van der Waals surface area contributed by atoms with Gasteiger partial charge in [-0.05, 0) is 68.9 Å². The van der Waals surface area contributed by atoms with Crippen LogP contribution in [0.2, 0.25) is 0 Å². The van der Waals surface area contributed by atoms with E-state index in [1.165, 1.54) is 6.07 Å². The summed E-state index contributed by atoms with van der Waals surface area (Å²) in [6.45, 7) is 0.557. The Morgan fingerprint density at radius 2 is 1.66 bits per heavy atom. The van der Waals surface area contributed by atoms with Crippen molar-refractivity contribution in [2.75, 3.05) is 6.54 Å². The monoisotopic (exact) mass is 580 g/mol. The Balaban J connectivity index is 0.000000590.